The maximum atomic E-state index is 13.0. The van der Waals surface area contributed by atoms with Crippen LogP contribution in [0.1, 0.15) is 0 Å². The number of hydrogen-bond donors (Lipinski definition) is 1. The van der Waals surface area contributed by atoms with Gasteiger partial charge in [0.1, 0.15) is 0 Å². The minimum Gasteiger partial charge on any atom is -0.504 e. The van der Waals surface area contributed by atoms with Crippen molar-refractivity contribution in [1.82, 2.24) is 0 Å². The predicted octanol–water partition coefficient (Wildman–Crippen LogP) is 6.79. The Bertz CT molecular complexity index is 675. The fourth-order valence-electron chi connectivity index (χ4n) is 1.22. The number of phenolic OH excluding ortho intramolecular Hbond substituents is 1. The van der Waals surface area contributed by atoms with E-state index in [9.17, 15) is 17.6 Å². The summed E-state index contributed by atoms with van der Waals surface area (Å²) < 4.78 is 53.3. The summed E-state index contributed by atoms with van der Waals surface area (Å²) in [6, 6.07) is 5.39. The van der Waals surface area contributed by atoms with Crippen molar-refractivity contribution in [3.8, 4) is 11.5 Å². The minimum atomic E-state index is -3.10. The Morgan fingerprint density at radius 3 is 1.87 bits per heavy atom. The van der Waals surface area contributed by atoms with Crippen molar-refractivity contribution < 1.29 is 27.4 Å². The number of ether oxygens (including phenoxy) is 1. The number of benzene rings is 2. The maximum Gasteiger partial charge on any atom is 0.387 e. The molecule has 0 saturated carbocycles. The van der Waals surface area contributed by atoms with Crippen LogP contribution in [0.4, 0.5) is 17.6 Å². The molecular weight excluding hydrogens is 495 g/mol. The smallest absolute Gasteiger partial charge is 0.387 e. The second kappa shape index (κ2) is 8.96. The van der Waals surface area contributed by atoms with Gasteiger partial charge in [-0.1, -0.05) is 23.2 Å². The third-order valence-corrected chi connectivity index (χ3v) is 4.06. The molecule has 0 amide bonds. The molecule has 2 aromatic carbocycles. The Labute approximate surface area is 155 Å². The summed E-state index contributed by atoms with van der Waals surface area (Å²) >= 11 is 16.5. The largest absolute Gasteiger partial charge is 0.504 e. The molecule has 2 rings (SSSR count). The van der Waals surface area contributed by atoms with E-state index in [1.54, 1.807) is 0 Å². The van der Waals surface area contributed by atoms with Gasteiger partial charge in [0.25, 0.3) is 0 Å². The van der Waals surface area contributed by atoms with Crippen LogP contribution >= 0.6 is 55.1 Å². The molecule has 0 saturated heterocycles. The number of halogens is 8. The van der Waals surface area contributed by atoms with Gasteiger partial charge in [-0.05, 0) is 56.1 Å². The van der Waals surface area contributed by atoms with Crippen LogP contribution < -0.4 is 4.74 Å². The van der Waals surface area contributed by atoms with Gasteiger partial charge in [0, 0.05) is 0 Å². The van der Waals surface area contributed by atoms with E-state index >= 15 is 0 Å². The van der Waals surface area contributed by atoms with Crippen molar-refractivity contribution in [1.29, 1.82) is 0 Å². The topological polar surface area (TPSA) is 29.5 Å². The lowest BCUT2D eigenvalue weighted by molar-refractivity contribution is -0.0521. The molecule has 0 spiro atoms. The second-order valence-corrected chi connectivity index (χ2v) is 6.27. The highest BCUT2D eigenvalue weighted by atomic mass is 79.9. The van der Waals surface area contributed by atoms with E-state index < -0.39 is 29.7 Å². The van der Waals surface area contributed by atoms with Gasteiger partial charge in [0.05, 0.1) is 19.0 Å². The molecule has 126 valence electrons. The molecular formula is C13H6Br2Cl2F4O2. The van der Waals surface area contributed by atoms with E-state index in [2.05, 4.69) is 36.6 Å². The first kappa shape index (κ1) is 20.3. The average Bonchev–Trinajstić information content (AvgIpc) is 2.50. The second-order valence-electron chi connectivity index (χ2n) is 3.74. The first-order valence-electron chi connectivity index (χ1n) is 5.56. The van der Waals surface area contributed by atoms with E-state index in [1.165, 1.54) is 24.3 Å². The highest BCUT2D eigenvalue weighted by Crippen LogP contribution is 2.33. The number of alkyl halides is 2. The summed E-state index contributed by atoms with van der Waals surface area (Å²) in [5, 5.41) is 8.67. The molecule has 2 nitrogen and oxygen atoms in total. The van der Waals surface area contributed by atoms with Gasteiger partial charge in [-0.15, -0.1) is 0 Å². The zero-order valence-electron chi connectivity index (χ0n) is 10.8. The van der Waals surface area contributed by atoms with Crippen LogP contribution in [-0.2, 0) is 0 Å². The van der Waals surface area contributed by atoms with E-state index in [4.69, 9.17) is 28.3 Å². The fraction of sp³-hybridized carbons (Fsp3) is 0.0769. The van der Waals surface area contributed by atoms with Gasteiger partial charge < -0.3 is 9.84 Å². The molecule has 0 fully saturated rings. The van der Waals surface area contributed by atoms with Gasteiger partial charge in [-0.3, -0.25) is 0 Å². The molecule has 0 aliphatic rings. The van der Waals surface area contributed by atoms with Crippen molar-refractivity contribution in [3.05, 3.63) is 54.9 Å². The SMILES string of the molecule is Fc1c(Br)ccc(Cl)c1OC(F)F.Oc1c(Cl)ccc(Br)c1F. The summed E-state index contributed by atoms with van der Waals surface area (Å²) in [5.74, 6) is -2.83. The molecule has 0 unspecified atom stereocenters. The molecule has 0 radical (unpaired) electrons. The Kier molecular flexibility index (Phi) is 7.93. The minimum absolute atomic E-state index is 0.0145. The van der Waals surface area contributed by atoms with Crippen LogP contribution in [0.3, 0.4) is 0 Å². The van der Waals surface area contributed by atoms with E-state index in [-0.39, 0.29) is 19.0 Å². The predicted molar refractivity (Wildman–Crippen MR) is 86.5 cm³/mol. The first-order valence-corrected chi connectivity index (χ1v) is 7.90. The standard InChI is InChI=1S/C7H3BrClF3O.C6H3BrClFO/c8-3-1-2-4(9)6(5(3)10)13-7(11)12;7-3-1-2-4(8)6(10)5(3)9/h1-2,7H;1-2,10H. The summed E-state index contributed by atoms with van der Waals surface area (Å²) in [5.41, 5.74) is 0. The van der Waals surface area contributed by atoms with E-state index in [1.807, 2.05) is 0 Å². The van der Waals surface area contributed by atoms with Crippen LogP contribution in [0.15, 0.2) is 33.2 Å². The molecule has 0 atom stereocenters. The fourth-order valence-corrected chi connectivity index (χ4v) is 2.19. The lowest BCUT2D eigenvalue weighted by Gasteiger charge is -2.07. The number of rotatable bonds is 2. The Balaban J connectivity index is 0.000000238. The van der Waals surface area contributed by atoms with Crippen LogP contribution in [0, 0.1) is 11.6 Å². The van der Waals surface area contributed by atoms with Crippen molar-refractivity contribution >= 4 is 55.1 Å². The molecule has 0 aliphatic heterocycles. The highest BCUT2D eigenvalue weighted by molar-refractivity contribution is 9.10. The Hall–Kier alpha value is -0.700. The monoisotopic (exact) mass is 498 g/mol. The highest BCUT2D eigenvalue weighted by Gasteiger charge is 2.16. The summed E-state index contributed by atoms with van der Waals surface area (Å²) in [7, 11) is 0. The van der Waals surface area contributed by atoms with Gasteiger partial charge in [0.15, 0.2) is 23.1 Å². The summed E-state index contributed by atoms with van der Waals surface area (Å²) in [4.78, 5) is 0. The first-order chi connectivity index (χ1) is 10.6. The third kappa shape index (κ3) is 5.70. The molecule has 1 N–H and O–H groups in total. The molecule has 10 heteroatoms. The van der Waals surface area contributed by atoms with Crippen molar-refractivity contribution in [2.45, 2.75) is 6.61 Å². The van der Waals surface area contributed by atoms with Crippen molar-refractivity contribution in [2.75, 3.05) is 0 Å². The van der Waals surface area contributed by atoms with Crippen LogP contribution in [0.5, 0.6) is 11.5 Å². The van der Waals surface area contributed by atoms with Gasteiger partial charge >= 0.3 is 6.61 Å². The van der Waals surface area contributed by atoms with Crippen LogP contribution in [-0.4, -0.2) is 11.7 Å². The zero-order valence-corrected chi connectivity index (χ0v) is 15.4. The normalized spacial score (nSPS) is 10.3. The van der Waals surface area contributed by atoms with Gasteiger partial charge in [-0.25, -0.2) is 8.78 Å². The van der Waals surface area contributed by atoms with Gasteiger partial charge in [0.2, 0.25) is 0 Å². The molecule has 0 heterocycles. The Morgan fingerprint density at radius 2 is 1.39 bits per heavy atom. The van der Waals surface area contributed by atoms with Crippen molar-refractivity contribution in [3.63, 3.8) is 0 Å². The number of phenols is 1. The molecule has 23 heavy (non-hydrogen) atoms. The molecule has 2 aromatic rings. The average molecular weight is 501 g/mol. The summed E-state index contributed by atoms with van der Waals surface area (Å²) in [6.45, 7) is -3.10. The lowest BCUT2D eigenvalue weighted by atomic mass is 10.3. The van der Waals surface area contributed by atoms with Crippen LogP contribution in [0.25, 0.3) is 0 Å². The van der Waals surface area contributed by atoms with E-state index in [0.29, 0.717) is 0 Å². The Morgan fingerprint density at radius 1 is 0.913 bits per heavy atom. The van der Waals surface area contributed by atoms with Crippen molar-refractivity contribution in [2.24, 2.45) is 0 Å². The van der Waals surface area contributed by atoms with E-state index in [0.717, 1.165) is 0 Å². The zero-order chi connectivity index (χ0) is 17.7. The molecule has 0 aliphatic carbocycles. The molecule has 0 bridgehead atoms. The number of aromatic hydroxyl groups is 1. The van der Waals surface area contributed by atoms with Gasteiger partial charge in [-0.2, -0.15) is 8.78 Å². The molecule has 0 aromatic heterocycles. The number of hydrogen-bond acceptors (Lipinski definition) is 2. The quantitative estimate of drug-likeness (QED) is 0.363. The third-order valence-electron chi connectivity index (χ3n) is 2.23. The summed E-state index contributed by atoms with van der Waals surface area (Å²) in [6.07, 6.45) is 0. The lowest BCUT2D eigenvalue weighted by Crippen LogP contribution is -2.04. The van der Waals surface area contributed by atoms with Crippen LogP contribution in [0.2, 0.25) is 10.0 Å². The maximum absolute atomic E-state index is 13.0.